The van der Waals surface area contributed by atoms with Crippen LogP contribution in [0.15, 0.2) is 41.0 Å². The molecule has 2 rings (SSSR count). The number of nitrogens with zero attached hydrogens (tertiary/aromatic N) is 1. The molecule has 0 spiro atoms. The van der Waals surface area contributed by atoms with Crippen molar-refractivity contribution in [1.29, 1.82) is 0 Å². The highest BCUT2D eigenvalue weighted by atomic mass is 79.9. The average Bonchev–Trinajstić information content (AvgIpc) is 2.33. The van der Waals surface area contributed by atoms with Crippen molar-refractivity contribution >= 4 is 27.4 Å². The molecule has 0 saturated carbocycles. The predicted octanol–water partition coefficient (Wildman–Crippen LogP) is 5.02. The maximum Gasteiger partial charge on any atom is 0.144 e. The van der Waals surface area contributed by atoms with Crippen molar-refractivity contribution in [2.75, 3.05) is 5.32 Å². The number of pyridine rings is 1. The van der Waals surface area contributed by atoms with Crippen LogP contribution in [0.25, 0.3) is 0 Å². The van der Waals surface area contributed by atoms with E-state index in [1.54, 1.807) is 0 Å². The fraction of sp³-hybridized carbons (Fsp3) is 0.267. The summed E-state index contributed by atoms with van der Waals surface area (Å²) in [6.07, 6.45) is 1.86. The summed E-state index contributed by atoms with van der Waals surface area (Å²) in [7, 11) is 0. The molecule has 1 aromatic heterocycles. The highest BCUT2D eigenvalue weighted by molar-refractivity contribution is 9.10. The minimum atomic E-state index is 0.529. The molecule has 0 amide bonds. The van der Waals surface area contributed by atoms with Gasteiger partial charge in [0.1, 0.15) is 5.82 Å². The van der Waals surface area contributed by atoms with E-state index < -0.39 is 0 Å². The van der Waals surface area contributed by atoms with Gasteiger partial charge in [0.15, 0.2) is 0 Å². The Kier molecular flexibility index (Phi) is 4.02. The summed E-state index contributed by atoms with van der Waals surface area (Å²) in [6.45, 7) is 6.42. The maximum absolute atomic E-state index is 4.39. The quantitative estimate of drug-likeness (QED) is 0.861. The van der Waals surface area contributed by atoms with Crippen molar-refractivity contribution in [2.45, 2.75) is 26.7 Å². The lowest BCUT2D eigenvalue weighted by atomic mass is 10.0. The fourth-order valence-electron chi connectivity index (χ4n) is 1.74. The van der Waals surface area contributed by atoms with Crippen LogP contribution >= 0.6 is 15.9 Å². The first-order valence-corrected chi connectivity index (χ1v) is 6.84. The Morgan fingerprint density at radius 3 is 2.67 bits per heavy atom. The number of anilines is 2. The van der Waals surface area contributed by atoms with E-state index in [0.717, 1.165) is 21.5 Å². The van der Waals surface area contributed by atoms with Crippen LogP contribution in [0.2, 0.25) is 0 Å². The molecule has 0 bridgehead atoms. The molecule has 0 unspecified atom stereocenters. The van der Waals surface area contributed by atoms with Gasteiger partial charge < -0.3 is 5.32 Å². The van der Waals surface area contributed by atoms with E-state index in [4.69, 9.17) is 0 Å². The van der Waals surface area contributed by atoms with Gasteiger partial charge in [0, 0.05) is 11.9 Å². The molecule has 1 heterocycles. The molecule has 0 aliphatic heterocycles. The van der Waals surface area contributed by atoms with Crippen LogP contribution in [0, 0.1) is 6.92 Å². The number of nitrogens with one attached hydrogen (secondary N) is 1. The van der Waals surface area contributed by atoms with Gasteiger partial charge in [0.25, 0.3) is 0 Å². The molecule has 1 N–H and O–H groups in total. The van der Waals surface area contributed by atoms with Gasteiger partial charge in [-0.1, -0.05) is 26.0 Å². The number of rotatable bonds is 3. The molecule has 94 valence electrons. The van der Waals surface area contributed by atoms with Gasteiger partial charge in [-0.2, -0.15) is 0 Å². The zero-order valence-electron chi connectivity index (χ0n) is 10.9. The Morgan fingerprint density at radius 2 is 2.00 bits per heavy atom. The van der Waals surface area contributed by atoms with E-state index in [-0.39, 0.29) is 0 Å². The van der Waals surface area contributed by atoms with Crippen LogP contribution in [0.4, 0.5) is 11.5 Å². The van der Waals surface area contributed by atoms with Gasteiger partial charge in [0.05, 0.1) is 4.47 Å². The van der Waals surface area contributed by atoms with Gasteiger partial charge in [-0.05, 0) is 58.1 Å². The largest absolute Gasteiger partial charge is 0.339 e. The third kappa shape index (κ3) is 3.10. The number of benzene rings is 1. The maximum atomic E-state index is 4.39. The Balaban J connectivity index is 2.25. The van der Waals surface area contributed by atoms with Crippen LogP contribution in [0.3, 0.4) is 0 Å². The third-order valence-electron chi connectivity index (χ3n) is 2.79. The van der Waals surface area contributed by atoms with Gasteiger partial charge in [-0.25, -0.2) is 4.98 Å². The minimum Gasteiger partial charge on any atom is -0.339 e. The highest BCUT2D eigenvalue weighted by Gasteiger charge is 2.04. The molecule has 0 radical (unpaired) electrons. The first kappa shape index (κ1) is 13.1. The van der Waals surface area contributed by atoms with E-state index in [1.807, 2.05) is 13.1 Å². The van der Waals surface area contributed by atoms with Crippen molar-refractivity contribution in [1.82, 2.24) is 4.98 Å². The normalized spacial score (nSPS) is 10.7. The summed E-state index contributed by atoms with van der Waals surface area (Å²) >= 11 is 3.53. The first-order valence-electron chi connectivity index (χ1n) is 6.05. The fourth-order valence-corrected chi connectivity index (χ4v) is 2.30. The van der Waals surface area contributed by atoms with Gasteiger partial charge in [-0.3, -0.25) is 0 Å². The van der Waals surface area contributed by atoms with E-state index in [9.17, 15) is 0 Å². The van der Waals surface area contributed by atoms with Crippen LogP contribution in [-0.4, -0.2) is 4.98 Å². The van der Waals surface area contributed by atoms with Gasteiger partial charge >= 0.3 is 0 Å². The third-order valence-corrected chi connectivity index (χ3v) is 3.40. The molecule has 18 heavy (non-hydrogen) atoms. The minimum absolute atomic E-state index is 0.529. The van der Waals surface area contributed by atoms with E-state index >= 15 is 0 Å². The molecule has 0 aliphatic rings. The number of aromatic nitrogens is 1. The van der Waals surface area contributed by atoms with Crippen LogP contribution in [-0.2, 0) is 0 Å². The molecule has 0 atom stereocenters. The molecule has 0 fully saturated rings. The zero-order chi connectivity index (χ0) is 13.1. The highest BCUT2D eigenvalue weighted by Crippen LogP contribution is 2.26. The number of hydrogen-bond donors (Lipinski definition) is 1. The van der Waals surface area contributed by atoms with E-state index in [2.05, 4.69) is 70.4 Å². The van der Waals surface area contributed by atoms with Crippen molar-refractivity contribution in [3.8, 4) is 0 Å². The molecular weight excluding hydrogens is 288 g/mol. The molecular formula is C15H17BrN2. The smallest absolute Gasteiger partial charge is 0.144 e. The standard InChI is InChI=1S/C15H17BrN2/c1-10(2)12-5-4-6-13(8-12)18-15-14(16)7-11(3)9-17-15/h4-10H,1-3H3,(H,17,18). The van der Waals surface area contributed by atoms with E-state index in [1.165, 1.54) is 5.56 Å². The summed E-state index contributed by atoms with van der Waals surface area (Å²) in [5, 5.41) is 3.34. The molecule has 0 aliphatic carbocycles. The topological polar surface area (TPSA) is 24.9 Å². The summed E-state index contributed by atoms with van der Waals surface area (Å²) in [5.41, 5.74) is 3.53. The molecule has 3 heteroatoms. The summed E-state index contributed by atoms with van der Waals surface area (Å²) in [5.74, 6) is 1.38. The molecule has 2 nitrogen and oxygen atoms in total. The van der Waals surface area contributed by atoms with Crippen molar-refractivity contribution in [2.24, 2.45) is 0 Å². The second-order valence-electron chi connectivity index (χ2n) is 4.75. The van der Waals surface area contributed by atoms with Crippen molar-refractivity contribution in [3.05, 3.63) is 52.1 Å². The van der Waals surface area contributed by atoms with Crippen LogP contribution < -0.4 is 5.32 Å². The SMILES string of the molecule is Cc1cnc(Nc2cccc(C(C)C)c2)c(Br)c1. The van der Waals surface area contributed by atoms with Crippen LogP contribution in [0.1, 0.15) is 30.9 Å². The lowest BCUT2D eigenvalue weighted by Crippen LogP contribution is -1.96. The van der Waals surface area contributed by atoms with Crippen molar-refractivity contribution < 1.29 is 0 Å². The lowest BCUT2D eigenvalue weighted by Gasteiger charge is -2.11. The predicted molar refractivity (Wildman–Crippen MR) is 80.5 cm³/mol. The Hall–Kier alpha value is -1.35. The molecule has 0 saturated heterocycles. The summed E-state index contributed by atoms with van der Waals surface area (Å²) < 4.78 is 0.984. The monoisotopic (exact) mass is 304 g/mol. The summed E-state index contributed by atoms with van der Waals surface area (Å²) in [4.78, 5) is 4.39. The number of aryl methyl sites for hydroxylation is 1. The molecule has 2 aromatic rings. The second-order valence-corrected chi connectivity index (χ2v) is 5.60. The zero-order valence-corrected chi connectivity index (χ0v) is 12.5. The summed E-state index contributed by atoms with van der Waals surface area (Å²) in [6, 6.07) is 10.5. The Morgan fingerprint density at radius 1 is 1.22 bits per heavy atom. The lowest BCUT2D eigenvalue weighted by molar-refractivity contribution is 0.867. The van der Waals surface area contributed by atoms with Gasteiger partial charge in [0.2, 0.25) is 0 Å². The second kappa shape index (κ2) is 5.53. The molecule has 1 aromatic carbocycles. The average molecular weight is 305 g/mol. The van der Waals surface area contributed by atoms with Crippen LogP contribution in [0.5, 0.6) is 0 Å². The van der Waals surface area contributed by atoms with E-state index in [0.29, 0.717) is 5.92 Å². The Bertz CT molecular complexity index is 550. The first-order chi connectivity index (χ1) is 8.56. The Labute approximate surface area is 117 Å². The van der Waals surface area contributed by atoms with Crippen molar-refractivity contribution in [3.63, 3.8) is 0 Å². The number of halogens is 1. The van der Waals surface area contributed by atoms with Gasteiger partial charge in [-0.15, -0.1) is 0 Å². The number of hydrogen-bond acceptors (Lipinski definition) is 2.